The molecule has 0 radical (unpaired) electrons. The number of imidazole rings is 1. The first-order valence-corrected chi connectivity index (χ1v) is 6.03. The number of benzene rings is 2. The number of nitrogens with two attached hydrogens (primary N) is 1. The zero-order valence-corrected chi connectivity index (χ0v) is 10.5. The number of halogens is 1. The summed E-state index contributed by atoms with van der Waals surface area (Å²) in [5, 5.41) is 0. The zero-order chi connectivity index (χ0) is 11.8. The predicted molar refractivity (Wildman–Crippen MR) is 73.6 cm³/mol. The van der Waals surface area contributed by atoms with Crippen molar-refractivity contribution in [2.45, 2.75) is 0 Å². The van der Waals surface area contributed by atoms with Crippen LogP contribution in [0.15, 0.2) is 46.9 Å². The van der Waals surface area contributed by atoms with Crippen LogP contribution in [0.5, 0.6) is 0 Å². The Morgan fingerprint density at radius 3 is 2.59 bits per heavy atom. The lowest BCUT2D eigenvalue weighted by Crippen LogP contribution is -1.82. The maximum absolute atomic E-state index is 5.74. The van der Waals surface area contributed by atoms with Gasteiger partial charge < -0.3 is 10.7 Å². The second-order valence-corrected chi connectivity index (χ2v) is 4.78. The number of rotatable bonds is 1. The van der Waals surface area contributed by atoms with E-state index in [1.807, 2.05) is 42.5 Å². The summed E-state index contributed by atoms with van der Waals surface area (Å²) in [7, 11) is 0. The number of hydrogen-bond donors (Lipinski definition) is 2. The van der Waals surface area contributed by atoms with Crippen LogP contribution in [0.2, 0.25) is 0 Å². The highest BCUT2D eigenvalue weighted by Gasteiger charge is 2.04. The lowest BCUT2D eigenvalue weighted by Gasteiger charge is -1.95. The molecule has 0 saturated heterocycles. The molecule has 0 bridgehead atoms. The molecule has 0 spiro atoms. The number of nitrogen functional groups attached to an aromatic ring is 1. The average molecular weight is 288 g/mol. The van der Waals surface area contributed by atoms with Crippen molar-refractivity contribution in [2.75, 3.05) is 5.73 Å². The highest BCUT2D eigenvalue weighted by molar-refractivity contribution is 9.10. The van der Waals surface area contributed by atoms with Crippen LogP contribution in [0.3, 0.4) is 0 Å². The highest BCUT2D eigenvalue weighted by Crippen LogP contribution is 2.23. The molecule has 2 aromatic carbocycles. The van der Waals surface area contributed by atoms with Crippen LogP contribution in [-0.2, 0) is 0 Å². The smallest absolute Gasteiger partial charge is 0.138 e. The van der Waals surface area contributed by atoms with E-state index in [0.717, 1.165) is 32.6 Å². The molecule has 3 aromatic rings. The first-order chi connectivity index (χ1) is 8.22. The van der Waals surface area contributed by atoms with Crippen LogP contribution in [0.4, 0.5) is 5.69 Å². The van der Waals surface area contributed by atoms with Crippen molar-refractivity contribution in [3.8, 4) is 11.4 Å². The van der Waals surface area contributed by atoms with E-state index in [-0.39, 0.29) is 0 Å². The maximum atomic E-state index is 5.74. The number of H-pyrrole nitrogens is 1. The van der Waals surface area contributed by atoms with E-state index < -0.39 is 0 Å². The van der Waals surface area contributed by atoms with Gasteiger partial charge in [-0.3, -0.25) is 0 Å². The average Bonchev–Trinajstić information content (AvgIpc) is 2.72. The van der Waals surface area contributed by atoms with Gasteiger partial charge in [0.05, 0.1) is 11.0 Å². The first kappa shape index (κ1) is 10.4. The Kier molecular flexibility index (Phi) is 2.37. The number of hydrogen-bond acceptors (Lipinski definition) is 2. The molecule has 0 aliphatic heterocycles. The second kappa shape index (κ2) is 3.89. The summed E-state index contributed by atoms with van der Waals surface area (Å²) in [6.45, 7) is 0. The molecule has 4 heteroatoms. The van der Waals surface area contributed by atoms with Gasteiger partial charge in [-0.1, -0.05) is 28.1 Å². The van der Waals surface area contributed by atoms with Crippen molar-refractivity contribution in [1.82, 2.24) is 9.97 Å². The molecule has 0 saturated carbocycles. The van der Waals surface area contributed by atoms with Crippen molar-refractivity contribution in [3.05, 3.63) is 46.9 Å². The van der Waals surface area contributed by atoms with Crippen molar-refractivity contribution in [2.24, 2.45) is 0 Å². The van der Waals surface area contributed by atoms with Crippen molar-refractivity contribution >= 4 is 32.7 Å². The third-order valence-corrected chi connectivity index (χ3v) is 3.15. The molecule has 3 nitrogen and oxygen atoms in total. The van der Waals surface area contributed by atoms with Crippen LogP contribution in [0.1, 0.15) is 0 Å². The first-order valence-electron chi connectivity index (χ1n) is 5.23. The Hall–Kier alpha value is -1.81. The summed E-state index contributed by atoms with van der Waals surface area (Å²) in [6, 6.07) is 13.7. The Labute approximate surface area is 107 Å². The number of fused-ring (bicyclic) bond motifs is 1. The van der Waals surface area contributed by atoms with E-state index >= 15 is 0 Å². The van der Waals surface area contributed by atoms with Gasteiger partial charge in [0.2, 0.25) is 0 Å². The SMILES string of the molecule is Nc1ccc2nc(-c3ccc(Br)cc3)[nH]c2c1. The molecule has 3 rings (SSSR count). The second-order valence-electron chi connectivity index (χ2n) is 3.87. The number of aromatic amines is 1. The lowest BCUT2D eigenvalue weighted by atomic mass is 10.2. The fraction of sp³-hybridized carbons (Fsp3) is 0. The molecule has 84 valence electrons. The van der Waals surface area contributed by atoms with E-state index in [0.29, 0.717) is 0 Å². The molecular formula is C13H10BrN3. The Morgan fingerprint density at radius 2 is 1.82 bits per heavy atom. The Morgan fingerprint density at radius 1 is 1.06 bits per heavy atom. The van der Waals surface area contributed by atoms with E-state index in [9.17, 15) is 0 Å². The fourth-order valence-electron chi connectivity index (χ4n) is 1.77. The van der Waals surface area contributed by atoms with Gasteiger partial charge in [-0.15, -0.1) is 0 Å². The topological polar surface area (TPSA) is 54.7 Å². The summed E-state index contributed by atoms with van der Waals surface area (Å²) in [5.74, 6) is 0.859. The third-order valence-electron chi connectivity index (χ3n) is 2.62. The molecule has 0 amide bonds. The summed E-state index contributed by atoms with van der Waals surface area (Å²) in [4.78, 5) is 7.79. The lowest BCUT2D eigenvalue weighted by molar-refractivity contribution is 1.33. The van der Waals surface area contributed by atoms with Crippen molar-refractivity contribution < 1.29 is 0 Å². The molecule has 1 heterocycles. The molecule has 0 aliphatic carbocycles. The molecule has 0 aliphatic rings. The molecule has 1 aromatic heterocycles. The Bertz CT molecular complexity index is 671. The van der Waals surface area contributed by atoms with E-state index in [2.05, 4.69) is 25.9 Å². The van der Waals surface area contributed by atoms with E-state index in [4.69, 9.17) is 5.73 Å². The predicted octanol–water partition coefficient (Wildman–Crippen LogP) is 3.57. The monoisotopic (exact) mass is 287 g/mol. The fourth-order valence-corrected chi connectivity index (χ4v) is 2.04. The molecule has 0 fully saturated rings. The van der Waals surface area contributed by atoms with Crippen molar-refractivity contribution in [1.29, 1.82) is 0 Å². The number of nitrogens with one attached hydrogen (secondary N) is 1. The highest BCUT2D eigenvalue weighted by atomic mass is 79.9. The van der Waals surface area contributed by atoms with Gasteiger partial charge in [0, 0.05) is 15.7 Å². The molecule has 0 unspecified atom stereocenters. The summed E-state index contributed by atoms with van der Waals surface area (Å²) < 4.78 is 1.06. The largest absolute Gasteiger partial charge is 0.399 e. The maximum Gasteiger partial charge on any atom is 0.138 e. The quantitative estimate of drug-likeness (QED) is 0.672. The number of aromatic nitrogens is 2. The molecular weight excluding hydrogens is 278 g/mol. The van der Waals surface area contributed by atoms with Crippen LogP contribution in [0.25, 0.3) is 22.4 Å². The van der Waals surface area contributed by atoms with Gasteiger partial charge in [-0.25, -0.2) is 4.98 Å². The van der Waals surface area contributed by atoms with E-state index in [1.54, 1.807) is 0 Å². The number of nitrogens with zero attached hydrogens (tertiary/aromatic N) is 1. The Balaban J connectivity index is 2.14. The zero-order valence-electron chi connectivity index (χ0n) is 8.94. The third kappa shape index (κ3) is 1.91. The van der Waals surface area contributed by atoms with Gasteiger partial charge in [0.15, 0.2) is 0 Å². The van der Waals surface area contributed by atoms with Gasteiger partial charge >= 0.3 is 0 Å². The van der Waals surface area contributed by atoms with Crippen LogP contribution in [-0.4, -0.2) is 9.97 Å². The van der Waals surface area contributed by atoms with Gasteiger partial charge in [-0.05, 0) is 30.3 Å². The van der Waals surface area contributed by atoms with Crippen molar-refractivity contribution in [3.63, 3.8) is 0 Å². The van der Waals surface area contributed by atoms with Crippen LogP contribution in [0, 0.1) is 0 Å². The minimum Gasteiger partial charge on any atom is -0.399 e. The summed E-state index contributed by atoms with van der Waals surface area (Å²) in [5.41, 5.74) is 9.42. The standard InChI is InChI=1S/C13H10BrN3/c14-9-3-1-8(2-4-9)13-16-11-6-5-10(15)7-12(11)17-13/h1-7H,15H2,(H,16,17). The minimum absolute atomic E-state index is 0.739. The van der Waals surface area contributed by atoms with Gasteiger partial charge in [0.1, 0.15) is 5.82 Å². The van der Waals surface area contributed by atoms with Crippen LogP contribution >= 0.6 is 15.9 Å². The normalized spacial score (nSPS) is 10.9. The minimum atomic E-state index is 0.739. The van der Waals surface area contributed by atoms with Crippen LogP contribution < -0.4 is 5.73 Å². The summed E-state index contributed by atoms with van der Waals surface area (Å²) in [6.07, 6.45) is 0. The number of anilines is 1. The molecule has 3 N–H and O–H groups in total. The van der Waals surface area contributed by atoms with E-state index in [1.165, 1.54) is 0 Å². The summed E-state index contributed by atoms with van der Waals surface area (Å²) >= 11 is 3.42. The van der Waals surface area contributed by atoms with Gasteiger partial charge in [-0.2, -0.15) is 0 Å². The van der Waals surface area contributed by atoms with Gasteiger partial charge in [0.25, 0.3) is 0 Å². The molecule has 17 heavy (non-hydrogen) atoms. The molecule has 0 atom stereocenters.